The van der Waals surface area contributed by atoms with Gasteiger partial charge in [-0.1, -0.05) is 18.9 Å². The fourth-order valence-electron chi connectivity index (χ4n) is 4.36. The molecule has 0 spiro atoms. The van der Waals surface area contributed by atoms with E-state index in [1.807, 2.05) is 18.5 Å². The Balaban J connectivity index is 1.76. The van der Waals surface area contributed by atoms with Gasteiger partial charge < -0.3 is 10.6 Å². The minimum atomic E-state index is 0.703. The first-order chi connectivity index (χ1) is 10.3. The lowest BCUT2D eigenvalue weighted by atomic mass is 9.78. The van der Waals surface area contributed by atoms with Gasteiger partial charge in [-0.15, -0.1) is 0 Å². The van der Waals surface area contributed by atoms with E-state index in [9.17, 15) is 0 Å². The molecular formula is C18H23N3. The molecule has 1 aliphatic heterocycles. The number of nitrogen functional groups attached to an aromatic ring is 1. The predicted octanol–water partition coefficient (Wildman–Crippen LogP) is 3.98. The summed E-state index contributed by atoms with van der Waals surface area (Å²) in [6.45, 7) is 1.15. The summed E-state index contributed by atoms with van der Waals surface area (Å²) in [4.78, 5) is 6.79. The largest absolute Gasteiger partial charge is 0.397 e. The van der Waals surface area contributed by atoms with Crippen molar-refractivity contribution in [3.05, 3.63) is 30.6 Å². The third kappa shape index (κ3) is 2.15. The van der Waals surface area contributed by atoms with E-state index < -0.39 is 0 Å². The van der Waals surface area contributed by atoms with E-state index in [-0.39, 0.29) is 0 Å². The molecular weight excluding hydrogens is 258 g/mol. The Kier molecular flexibility index (Phi) is 3.21. The van der Waals surface area contributed by atoms with Crippen molar-refractivity contribution >= 4 is 22.1 Å². The van der Waals surface area contributed by atoms with E-state index in [4.69, 9.17) is 5.73 Å². The van der Waals surface area contributed by atoms with Gasteiger partial charge in [0.15, 0.2) is 0 Å². The second-order valence-corrected chi connectivity index (χ2v) is 6.54. The second kappa shape index (κ2) is 5.21. The van der Waals surface area contributed by atoms with Crippen LogP contribution in [0.1, 0.15) is 38.5 Å². The number of hydrogen-bond acceptors (Lipinski definition) is 3. The zero-order valence-corrected chi connectivity index (χ0v) is 12.5. The Bertz CT molecular complexity index is 650. The van der Waals surface area contributed by atoms with Crippen LogP contribution in [0.25, 0.3) is 10.8 Å². The molecule has 1 aromatic heterocycles. The van der Waals surface area contributed by atoms with Gasteiger partial charge in [-0.25, -0.2) is 0 Å². The number of aromatic nitrogens is 1. The average Bonchev–Trinajstić information content (AvgIpc) is 2.55. The first-order valence-electron chi connectivity index (χ1n) is 8.23. The SMILES string of the molecule is Nc1c(N2CCC[C@H]3CCCC[C@H]32)ccc2cnccc12. The maximum absolute atomic E-state index is 6.50. The number of rotatable bonds is 1. The molecule has 2 fully saturated rings. The first kappa shape index (κ1) is 12.9. The smallest absolute Gasteiger partial charge is 0.0632 e. The number of nitrogens with two attached hydrogens (primary N) is 1. The van der Waals surface area contributed by atoms with Crippen molar-refractivity contribution < 1.29 is 0 Å². The molecule has 2 aliphatic rings. The van der Waals surface area contributed by atoms with Crippen molar-refractivity contribution in [2.24, 2.45) is 5.92 Å². The molecule has 1 saturated carbocycles. The van der Waals surface area contributed by atoms with Crippen LogP contribution < -0.4 is 10.6 Å². The van der Waals surface area contributed by atoms with Crippen molar-refractivity contribution in [2.45, 2.75) is 44.6 Å². The highest BCUT2D eigenvalue weighted by Gasteiger charge is 2.34. The summed E-state index contributed by atoms with van der Waals surface area (Å²) in [6.07, 6.45) is 11.9. The molecule has 1 saturated heterocycles. The second-order valence-electron chi connectivity index (χ2n) is 6.54. The van der Waals surface area contributed by atoms with Crippen LogP contribution in [0, 0.1) is 5.92 Å². The summed E-state index contributed by atoms with van der Waals surface area (Å²) in [5.41, 5.74) is 8.67. The quantitative estimate of drug-likeness (QED) is 0.804. The normalized spacial score (nSPS) is 25.8. The number of fused-ring (bicyclic) bond motifs is 2. The van der Waals surface area contributed by atoms with E-state index in [1.54, 1.807) is 0 Å². The summed E-state index contributed by atoms with van der Waals surface area (Å²) in [6, 6.07) is 7.11. The number of anilines is 2. The topological polar surface area (TPSA) is 42.1 Å². The highest BCUT2D eigenvalue weighted by molar-refractivity contribution is 5.98. The molecule has 3 heteroatoms. The maximum atomic E-state index is 6.50. The molecule has 2 atom stereocenters. The molecule has 0 radical (unpaired) electrons. The molecule has 3 nitrogen and oxygen atoms in total. The standard InChI is InChI=1S/C18H23N3/c19-18-15-9-10-20-12-14(15)7-8-17(18)21-11-3-5-13-4-1-2-6-16(13)21/h7-10,12-13,16H,1-6,11,19H2/t13-,16-/m1/s1. The van der Waals surface area contributed by atoms with Crippen molar-refractivity contribution in [2.75, 3.05) is 17.2 Å². The number of pyridine rings is 1. The van der Waals surface area contributed by atoms with Gasteiger partial charge in [0, 0.05) is 35.8 Å². The van der Waals surface area contributed by atoms with E-state index in [1.165, 1.54) is 44.2 Å². The summed E-state index contributed by atoms with van der Waals surface area (Å²) in [7, 11) is 0. The molecule has 2 N–H and O–H groups in total. The van der Waals surface area contributed by atoms with Crippen LogP contribution in [0.5, 0.6) is 0 Å². The fourth-order valence-corrected chi connectivity index (χ4v) is 4.36. The van der Waals surface area contributed by atoms with Crippen LogP contribution in [-0.4, -0.2) is 17.6 Å². The lowest BCUT2D eigenvalue weighted by Crippen LogP contribution is -2.47. The Morgan fingerprint density at radius 1 is 1.05 bits per heavy atom. The third-order valence-corrected chi connectivity index (χ3v) is 5.39. The lowest BCUT2D eigenvalue weighted by molar-refractivity contribution is 0.244. The van der Waals surface area contributed by atoms with Crippen molar-refractivity contribution in [3.63, 3.8) is 0 Å². The predicted molar refractivity (Wildman–Crippen MR) is 88.5 cm³/mol. The van der Waals surface area contributed by atoms with Gasteiger partial charge in [0.1, 0.15) is 0 Å². The number of hydrogen-bond donors (Lipinski definition) is 1. The Labute approximate surface area is 126 Å². The average molecular weight is 281 g/mol. The van der Waals surface area contributed by atoms with Crippen LogP contribution in [-0.2, 0) is 0 Å². The summed E-state index contributed by atoms with van der Waals surface area (Å²) >= 11 is 0. The Hall–Kier alpha value is -1.77. The molecule has 2 aromatic rings. The van der Waals surface area contributed by atoms with Crippen LogP contribution in [0.15, 0.2) is 30.6 Å². The van der Waals surface area contributed by atoms with E-state index >= 15 is 0 Å². The van der Waals surface area contributed by atoms with Gasteiger partial charge in [-0.05, 0) is 43.7 Å². The third-order valence-electron chi connectivity index (χ3n) is 5.39. The summed E-state index contributed by atoms with van der Waals surface area (Å²) < 4.78 is 0. The molecule has 1 aromatic carbocycles. The lowest BCUT2D eigenvalue weighted by Gasteiger charge is -2.46. The zero-order valence-electron chi connectivity index (χ0n) is 12.5. The monoisotopic (exact) mass is 281 g/mol. The van der Waals surface area contributed by atoms with E-state index in [2.05, 4.69) is 22.0 Å². The number of benzene rings is 1. The van der Waals surface area contributed by atoms with Crippen molar-refractivity contribution in [1.82, 2.24) is 4.98 Å². The van der Waals surface area contributed by atoms with Gasteiger partial charge >= 0.3 is 0 Å². The molecule has 2 heterocycles. The maximum Gasteiger partial charge on any atom is 0.0632 e. The molecule has 0 amide bonds. The number of nitrogens with zero attached hydrogens (tertiary/aromatic N) is 2. The molecule has 1 aliphatic carbocycles. The van der Waals surface area contributed by atoms with Gasteiger partial charge in [0.25, 0.3) is 0 Å². The van der Waals surface area contributed by atoms with Gasteiger partial charge in [-0.2, -0.15) is 0 Å². The highest BCUT2D eigenvalue weighted by Crippen LogP contribution is 2.41. The van der Waals surface area contributed by atoms with Crippen LogP contribution in [0.4, 0.5) is 11.4 Å². The van der Waals surface area contributed by atoms with Crippen LogP contribution >= 0.6 is 0 Å². The molecule has 21 heavy (non-hydrogen) atoms. The number of piperidine rings is 1. The summed E-state index contributed by atoms with van der Waals surface area (Å²) in [5.74, 6) is 0.875. The Morgan fingerprint density at radius 2 is 1.90 bits per heavy atom. The molecule has 0 bridgehead atoms. The van der Waals surface area contributed by atoms with E-state index in [0.29, 0.717) is 6.04 Å². The molecule has 0 unspecified atom stereocenters. The Morgan fingerprint density at radius 3 is 2.86 bits per heavy atom. The summed E-state index contributed by atoms with van der Waals surface area (Å²) in [5, 5.41) is 2.27. The van der Waals surface area contributed by atoms with E-state index in [0.717, 1.165) is 28.9 Å². The highest BCUT2D eigenvalue weighted by atomic mass is 15.2. The fraction of sp³-hybridized carbons (Fsp3) is 0.500. The zero-order chi connectivity index (χ0) is 14.2. The molecule has 110 valence electrons. The van der Waals surface area contributed by atoms with Crippen LogP contribution in [0.3, 0.4) is 0 Å². The van der Waals surface area contributed by atoms with Crippen molar-refractivity contribution in [1.29, 1.82) is 0 Å². The minimum Gasteiger partial charge on any atom is -0.397 e. The van der Waals surface area contributed by atoms with Crippen molar-refractivity contribution in [3.8, 4) is 0 Å². The van der Waals surface area contributed by atoms with Crippen LogP contribution in [0.2, 0.25) is 0 Å². The van der Waals surface area contributed by atoms with Gasteiger partial charge in [-0.3, -0.25) is 4.98 Å². The van der Waals surface area contributed by atoms with Gasteiger partial charge in [0.05, 0.1) is 11.4 Å². The first-order valence-corrected chi connectivity index (χ1v) is 8.23. The minimum absolute atomic E-state index is 0.703. The molecule has 4 rings (SSSR count). The van der Waals surface area contributed by atoms with Gasteiger partial charge in [0.2, 0.25) is 0 Å².